The van der Waals surface area contributed by atoms with Gasteiger partial charge in [-0.05, 0) is 31.8 Å². The molecule has 5 heteroatoms. The zero-order chi connectivity index (χ0) is 19.9. The van der Waals surface area contributed by atoms with Crippen molar-refractivity contribution in [2.45, 2.75) is 101 Å². The molecule has 156 valence electrons. The summed E-state index contributed by atoms with van der Waals surface area (Å²) < 4.78 is 12.2. The normalized spacial score (nSPS) is 44.4. The number of aliphatic hydroxyl groups excluding tert-OH is 2. The van der Waals surface area contributed by atoms with E-state index in [2.05, 4.69) is 19.1 Å². The highest BCUT2D eigenvalue weighted by molar-refractivity contribution is 5.85. The molecule has 0 aromatic rings. The molecule has 28 heavy (non-hydrogen) atoms. The van der Waals surface area contributed by atoms with Crippen molar-refractivity contribution in [2.24, 2.45) is 11.8 Å². The number of carbonyl (C=O) groups excluding carboxylic acids is 1. The van der Waals surface area contributed by atoms with Gasteiger partial charge >= 0.3 is 5.97 Å². The summed E-state index contributed by atoms with van der Waals surface area (Å²) in [6, 6.07) is 0. The number of hydrogen-bond donors (Lipinski definition) is 2. The van der Waals surface area contributed by atoms with Crippen LogP contribution in [0.2, 0.25) is 0 Å². The molecule has 7 atom stereocenters. The Morgan fingerprint density at radius 2 is 2.00 bits per heavy atom. The SMILES string of the molecule is CCCCCCC/C=C/[C@H]1OC23C(=O)OC4(C[C@H](O)C[C@H]4[C@H]2C=C1C)C[C@H]3O. The lowest BCUT2D eigenvalue weighted by Crippen LogP contribution is -2.75. The highest BCUT2D eigenvalue weighted by atomic mass is 16.6. The van der Waals surface area contributed by atoms with Gasteiger partial charge in [-0.25, -0.2) is 4.79 Å². The number of aliphatic hydroxyl groups is 2. The second-order valence-corrected chi connectivity index (χ2v) is 9.27. The summed E-state index contributed by atoms with van der Waals surface area (Å²) in [6.45, 7) is 4.25. The molecule has 5 rings (SSSR count). The molecule has 0 aromatic heterocycles. The van der Waals surface area contributed by atoms with E-state index in [1.807, 2.05) is 13.0 Å². The largest absolute Gasteiger partial charge is 0.456 e. The Bertz CT molecular complexity index is 670. The van der Waals surface area contributed by atoms with Crippen molar-refractivity contribution < 1.29 is 24.5 Å². The summed E-state index contributed by atoms with van der Waals surface area (Å²) in [5, 5.41) is 21.1. The lowest BCUT2D eigenvalue weighted by molar-refractivity contribution is -0.290. The number of fused-ring (bicyclic) bond motifs is 2. The second kappa shape index (κ2) is 7.58. The highest BCUT2D eigenvalue weighted by Gasteiger charge is 2.74. The molecule has 2 bridgehead atoms. The van der Waals surface area contributed by atoms with Crippen LogP contribution in [0.4, 0.5) is 0 Å². The first-order chi connectivity index (χ1) is 13.4. The third-order valence-corrected chi connectivity index (χ3v) is 7.36. The number of ether oxygens (including phenoxy) is 2. The molecule has 5 nitrogen and oxygen atoms in total. The maximum atomic E-state index is 13.0. The van der Waals surface area contributed by atoms with Crippen LogP contribution < -0.4 is 0 Å². The number of esters is 1. The zero-order valence-corrected chi connectivity index (χ0v) is 17.1. The molecule has 2 unspecified atom stereocenters. The standard InChI is InChI=1S/C23H34O5/c1-3-4-5-6-7-8-9-10-19-15(2)11-18-17-12-16(24)13-22(17)14-20(25)23(18,27-19)21(26)28-22/h9-11,16-20,24-25H,3-8,12-14H2,1-2H3/b10-9+/t16-,17+,18-,19-,20-,22?,23?/m1/s1. The molecule has 5 aliphatic rings. The van der Waals surface area contributed by atoms with Crippen molar-refractivity contribution >= 4 is 5.97 Å². The third-order valence-electron chi connectivity index (χ3n) is 7.36. The van der Waals surface area contributed by atoms with Gasteiger partial charge in [0, 0.05) is 24.7 Å². The number of carbonyl (C=O) groups is 1. The molecule has 3 aliphatic heterocycles. The van der Waals surface area contributed by atoms with Crippen LogP contribution in [0.1, 0.15) is 71.6 Å². The van der Waals surface area contributed by atoms with Gasteiger partial charge in [0.15, 0.2) is 5.60 Å². The lowest BCUT2D eigenvalue weighted by atomic mass is 9.57. The van der Waals surface area contributed by atoms with Gasteiger partial charge in [0.25, 0.3) is 0 Å². The Morgan fingerprint density at radius 1 is 1.21 bits per heavy atom. The van der Waals surface area contributed by atoms with E-state index in [4.69, 9.17) is 9.47 Å². The van der Waals surface area contributed by atoms with E-state index in [-0.39, 0.29) is 17.9 Å². The molecular formula is C23H34O5. The summed E-state index contributed by atoms with van der Waals surface area (Å²) in [7, 11) is 0. The summed E-state index contributed by atoms with van der Waals surface area (Å²) in [4.78, 5) is 13.0. The van der Waals surface area contributed by atoms with Gasteiger partial charge in [0.05, 0.1) is 18.3 Å². The van der Waals surface area contributed by atoms with Crippen molar-refractivity contribution in [3.8, 4) is 0 Å². The monoisotopic (exact) mass is 390 g/mol. The van der Waals surface area contributed by atoms with Gasteiger partial charge in [0.1, 0.15) is 5.60 Å². The van der Waals surface area contributed by atoms with Crippen molar-refractivity contribution in [1.29, 1.82) is 0 Å². The van der Waals surface area contributed by atoms with Crippen LogP contribution in [0.3, 0.4) is 0 Å². The van der Waals surface area contributed by atoms with Crippen LogP contribution in [0.5, 0.6) is 0 Å². The van der Waals surface area contributed by atoms with Crippen LogP contribution in [0.15, 0.2) is 23.8 Å². The number of hydrogen-bond acceptors (Lipinski definition) is 5. The van der Waals surface area contributed by atoms with Gasteiger partial charge in [-0.1, -0.05) is 50.8 Å². The molecule has 0 amide bonds. The summed E-state index contributed by atoms with van der Waals surface area (Å²) in [6.07, 6.45) is 13.2. The van der Waals surface area contributed by atoms with Gasteiger partial charge in [-0.3, -0.25) is 0 Å². The summed E-state index contributed by atoms with van der Waals surface area (Å²) in [5.41, 5.74) is -0.989. The molecule has 2 saturated carbocycles. The van der Waals surface area contributed by atoms with Crippen LogP contribution in [-0.4, -0.2) is 45.7 Å². The third kappa shape index (κ3) is 3.06. The molecule has 2 N–H and O–H groups in total. The van der Waals surface area contributed by atoms with E-state index in [1.165, 1.54) is 25.7 Å². The minimum Gasteiger partial charge on any atom is -0.456 e. The van der Waals surface area contributed by atoms with E-state index in [0.717, 1.165) is 18.4 Å². The fourth-order valence-electron chi connectivity index (χ4n) is 5.95. The van der Waals surface area contributed by atoms with E-state index in [0.29, 0.717) is 19.3 Å². The summed E-state index contributed by atoms with van der Waals surface area (Å²) >= 11 is 0. The number of rotatable bonds is 7. The minimum atomic E-state index is -1.33. The van der Waals surface area contributed by atoms with Crippen molar-refractivity contribution in [3.63, 3.8) is 0 Å². The predicted octanol–water partition coefficient (Wildman–Crippen LogP) is 3.43. The van der Waals surface area contributed by atoms with Gasteiger partial charge in [0.2, 0.25) is 0 Å². The van der Waals surface area contributed by atoms with Crippen molar-refractivity contribution in [3.05, 3.63) is 23.8 Å². The van der Waals surface area contributed by atoms with Crippen LogP contribution >= 0.6 is 0 Å². The fraction of sp³-hybridized carbons (Fsp3) is 0.783. The lowest BCUT2D eigenvalue weighted by Gasteiger charge is -2.60. The van der Waals surface area contributed by atoms with Crippen LogP contribution in [0, 0.1) is 11.8 Å². The first-order valence-electron chi connectivity index (χ1n) is 11.1. The maximum absolute atomic E-state index is 13.0. The Labute approximate surface area is 167 Å². The van der Waals surface area contributed by atoms with Gasteiger partial charge in [-0.15, -0.1) is 0 Å². The Kier molecular flexibility index (Phi) is 5.45. The highest BCUT2D eigenvalue weighted by Crippen LogP contribution is 2.61. The zero-order valence-electron chi connectivity index (χ0n) is 17.1. The molecule has 2 spiro atoms. The molecule has 2 aliphatic carbocycles. The Hall–Kier alpha value is -1.17. The fourth-order valence-corrected chi connectivity index (χ4v) is 5.95. The first-order valence-corrected chi connectivity index (χ1v) is 11.1. The van der Waals surface area contributed by atoms with E-state index in [9.17, 15) is 15.0 Å². The molecule has 2 saturated heterocycles. The first kappa shape index (κ1) is 20.1. The number of unbranched alkanes of at least 4 members (excludes halogenated alkanes) is 5. The van der Waals surface area contributed by atoms with E-state index >= 15 is 0 Å². The average molecular weight is 391 g/mol. The molecule has 0 aromatic carbocycles. The molecular weight excluding hydrogens is 356 g/mol. The van der Waals surface area contributed by atoms with Crippen LogP contribution in [0.25, 0.3) is 0 Å². The topological polar surface area (TPSA) is 76.0 Å². The molecule has 4 fully saturated rings. The van der Waals surface area contributed by atoms with E-state index < -0.39 is 29.4 Å². The molecule has 3 heterocycles. The van der Waals surface area contributed by atoms with Gasteiger partial charge in [-0.2, -0.15) is 0 Å². The smallest absolute Gasteiger partial charge is 0.342 e. The predicted molar refractivity (Wildman–Crippen MR) is 106 cm³/mol. The van der Waals surface area contributed by atoms with E-state index in [1.54, 1.807) is 0 Å². The second-order valence-electron chi connectivity index (χ2n) is 9.27. The number of allylic oxidation sites excluding steroid dienone is 1. The Morgan fingerprint density at radius 3 is 2.75 bits per heavy atom. The van der Waals surface area contributed by atoms with Crippen molar-refractivity contribution in [2.75, 3.05) is 0 Å². The molecule has 0 radical (unpaired) electrons. The minimum absolute atomic E-state index is 0.0158. The average Bonchev–Trinajstić information content (AvgIpc) is 2.96. The maximum Gasteiger partial charge on any atom is 0.342 e. The quantitative estimate of drug-likeness (QED) is 0.396. The van der Waals surface area contributed by atoms with Gasteiger partial charge < -0.3 is 19.7 Å². The summed E-state index contributed by atoms with van der Waals surface area (Å²) in [5.74, 6) is -0.668. The van der Waals surface area contributed by atoms with Crippen LogP contribution in [-0.2, 0) is 14.3 Å². The Balaban J connectivity index is 1.51. The van der Waals surface area contributed by atoms with Crippen molar-refractivity contribution in [1.82, 2.24) is 0 Å².